The second-order valence-corrected chi connectivity index (χ2v) is 7.28. The SMILES string of the molecule is CCCN(C(=O)n1nnn(-c2cccc3c2CC(C)C3)c1=O)c1ccccc1. The lowest BCUT2D eigenvalue weighted by molar-refractivity contribution is 0.243. The molecular weight excluding hydrogens is 354 g/mol. The molecule has 1 atom stereocenters. The Balaban J connectivity index is 1.72. The van der Waals surface area contributed by atoms with Crippen LogP contribution in [0.3, 0.4) is 0 Å². The maximum absolute atomic E-state index is 13.1. The molecule has 7 nitrogen and oxygen atoms in total. The van der Waals surface area contributed by atoms with Gasteiger partial charge in [0.2, 0.25) is 0 Å². The number of benzene rings is 2. The number of fused-ring (bicyclic) bond motifs is 1. The van der Waals surface area contributed by atoms with Gasteiger partial charge < -0.3 is 0 Å². The number of carbonyl (C=O) groups excluding carboxylic acids is 1. The second-order valence-electron chi connectivity index (χ2n) is 7.28. The summed E-state index contributed by atoms with van der Waals surface area (Å²) < 4.78 is 2.09. The molecule has 0 bridgehead atoms. The van der Waals surface area contributed by atoms with Crippen molar-refractivity contribution in [1.82, 2.24) is 19.8 Å². The zero-order valence-electron chi connectivity index (χ0n) is 16.1. The van der Waals surface area contributed by atoms with E-state index in [2.05, 4.69) is 23.4 Å². The van der Waals surface area contributed by atoms with Crippen molar-refractivity contribution in [2.75, 3.05) is 11.4 Å². The number of tetrazole rings is 1. The van der Waals surface area contributed by atoms with E-state index in [1.54, 1.807) is 4.90 Å². The smallest absolute Gasteiger partial charge is 0.292 e. The predicted octanol–water partition coefficient (Wildman–Crippen LogP) is 3.05. The molecule has 1 amide bonds. The van der Waals surface area contributed by atoms with Gasteiger partial charge in [-0.2, -0.15) is 4.68 Å². The highest BCUT2D eigenvalue weighted by Crippen LogP contribution is 2.30. The van der Waals surface area contributed by atoms with E-state index in [1.165, 1.54) is 10.2 Å². The summed E-state index contributed by atoms with van der Waals surface area (Å²) in [6, 6.07) is 14.7. The maximum atomic E-state index is 13.1. The first-order valence-corrected chi connectivity index (χ1v) is 9.63. The van der Waals surface area contributed by atoms with Crippen LogP contribution in [0.5, 0.6) is 0 Å². The lowest BCUT2D eigenvalue weighted by Gasteiger charge is -2.20. The molecule has 144 valence electrons. The molecule has 0 N–H and O–H groups in total. The number of amides is 1. The van der Waals surface area contributed by atoms with Crippen LogP contribution < -0.4 is 10.6 Å². The molecule has 0 fully saturated rings. The fraction of sp³-hybridized carbons (Fsp3) is 0.333. The van der Waals surface area contributed by atoms with Crippen molar-refractivity contribution in [3.05, 3.63) is 70.1 Å². The molecule has 7 heteroatoms. The molecule has 1 unspecified atom stereocenters. The topological polar surface area (TPSA) is 73.0 Å². The number of hydrogen-bond acceptors (Lipinski definition) is 4. The van der Waals surface area contributed by atoms with Crippen LogP contribution in [0.25, 0.3) is 5.69 Å². The summed E-state index contributed by atoms with van der Waals surface area (Å²) in [6.45, 7) is 4.66. The highest BCUT2D eigenvalue weighted by molar-refractivity contribution is 5.92. The van der Waals surface area contributed by atoms with Crippen LogP contribution >= 0.6 is 0 Å². The van der Waals surface area contributed by atoms with Gasteiger partial charge in [0.1, 0.15) is 0 Å². The van der Waals surface area contributed by atoms with E-state index >= 15 is 0 Å². The second kappa shape index (κ2) is 7.42. The monoisotopic (exact) mass is 377 g/mol. The number of para-hydroxylation sites is 1. The van der Waals surface area contributed by atoms with Gasteiger partial charge in [-0.3, -0.25) is 4.90 Å². The third-order valence-electron chi connectivity index (χ3n) is 5.11. The molecule has 4 rings (SSSR count). The summed E-state index contributed by atoms with van der Waals surface area (Å²) in [4.78, 5) is 27.6. The van der Waals surface area contributed by atoms with E-state index in [-0.39, 0.29) is 0 Å². The largest absolute Gasteiger partial charge is 0.377 e. The molecule has 1 aromatic heterocycles. The molecular formula is C21H23N5O2. The summed E-state index contributed by atoms with van der Waals surface area (Å²) in [5.41, 5.74) is 3.24. The molecule has 0 aliphatic heterocycles. The molecule has 1 heterocycles. The van der Waals surface area contributed by atoms with Gasteiger partial charge in [-0.1, -0.05) is 44.2 Å². The van der Waals surface area contributed by atoms with Gasteiger partial charge >= 0.3 is 11.7 Å². The van der Waals surface area contributed by atoms with Crippen molar-refractivity contribution in [3.63, 3.8) is 0 Å². The lowest BCUT2D eigenvalue weighted by Crippen LogP contribution is -2.41. The Morgan fingerprint density at radius 1 is 1.11 bits per heavy atom. The predicted molar refractivity (Wildman–Crippen MR) is 107 cm³/mol. The van der Waals surface area contributed by atoms with E-state index < -0.39 is 11.7 Å². The van der Waals surface area contributed by atoms with Crippen molar-refractivity contribution in [2.24, 2.45) is 5.92 Å². The van der Waals surface area contributed by atoms with Crippen LogP contribution in [-0.2, 0) is 12.8 Å². The zero-order chi connectivity index (χ0) is 19.7. The molecule has 1 aliphatic rings. The van der Waals surface area contributed by atoms with Crippen molar-refractivity contribution in [2.45, 2.75) is 33.1 Å². The van der Waals surface area contributed by atoms with E-state index in [4.69, 9.17) is 0 Å². The van der Waals surface area contributed by atoms with Crippen molar-refractivity contribution >= 4 is 11.7 Å². The molecule has 1 aliphatic carbocycles. The number of rotatable bonds is 4. The minimum Gasteiger partial charge on any atom is -0.292 e. The van der Waals surface area contributed by atoms with E-state index in [0.29, 0.717) is 18.2 Å². The number of anilines is 1. The number of hydrogen-bond donors (Lipinski definition) is 0. The molecule has 2 aromatic carbocycles. The molecule has 3 aromatic rings. The molecule has 0 radical (unpaired) electrons. The molecule has 0 saturated heterocycles. The van der Waals surface area contributed by atoms with Gasteiger partial charge in [-0.15, -0.1) is 4.68 Å². The van der Waals surface area contributed by atoms with Crippen LogP contribution in [0.2, 0.25) is 0 Å². The zero-order valence-corrected chi connectivity index (χ0v) is 16.1. The van der Waals surface area contributed by atoms with Crippen LogP contribution in [0.1, 0.15) is 31.4 Å². The standard InChI is InChI=1S/C21H23N5O2/c1-3-12-24(17-9-5-4-6-10-17)20(27)26-21(28)25(22-23-26)19-11-7-8-16-13-15(2)14-18(16)19/h4-11,15H,3,12-14H2,1-2H3. The average molecular weight is 377 g/mol. The Morgan fingerprint density at radius 2 is 1.89 bits per heavy atom. The van der Waals surface area contributed by atoms with Gasteiger partial charge in [0, 0.05) is 12.2 Å². The van der Waals surface area contributed by atoms with Gasteiger partial charge in [0.15, 0.2) is 0 Å². The van der Waals surface area contributed by atoms with Crippen LogP contribution in [0.15, 0.2) is 53.3 Å². The van der Waals surface area contributed by atoms with Crippen LogP contribution in [0, 0.1) is 5.92 Å². The first-order chi connectivity index (χ1) is 13.6. The van der Waals surface area contributed by atoms with Gasteiger partial charge in [-0.05, 0) is 64.9 Å². The molecule has 28 heavy (non-hydrogen) atoms. The minimum atomic E-state index is -0.546. The fourth-order valence-electron chi connectivity index (χ4n) is 3.84. The minimum absolute atomic E-state index is 0.487. The van der Waals surface area contributed by atoms with Gasteiger partial charge in [-0.25, -0.2) is 9.59 Å². The van der Waals surface area contributed by atoms with Crippen molar-refractivity contribution in [3.8, 4) is 5.69 Å². The number of aromatic nitrogens is 4. The van der Waals surface area contributed by atoms with E-state index in [0.717, 1.165) is 35.2 Å². The van der Waals surface area contributed by atoms with E-state index in [1.807, 2.05) is 49.4 Å². The first kappa shape index (κ1) is 18.2. The highest BCUT2D eigenvalue weighted by atomic mass is 16.2. The Labute approximate surface area is 163 Å². The summed E-state index contributed by atoms with van der Waals surface area (Å²) in [5.74, 6) is 0.529. The number of nitrogens with zero attached hydrogens (tertiary/aromatic N) is 5. The fourth-order valence-corrected chi connectivity index (χ4v) is 3.84. The third-order valence-corrected chi connectivity index (χ3v) is 5.11. The van der Waals surface area contributed by atoms with Gasteiger partial charge in [0.25, 0.3) is 0 Å². The first-order valence-electron chi connectivity index (χ1n) is 9.63. The molecule has 0 spiro atoms. The molecule has 0 saturated carbocycles. The van der Waals surface area contributed by atoms with Crippen LogP contribution in [-0.4, -0.2) is 32.4 Å². The lowest BCUT2D eigenvalue weighted by atomic mass is 10.1. The Bertz CT molecular complexity index is 1050. The Kier molecular flexibility index (Phi) is 4.81. The van der Waals surface area contributed by atoms with E-state index in [9.17, 15) is 9.59 Å². The summed E-state index contributed by atoms with van der Waals surface area (Å²) in [5, 5.41) is 7.91. The van der Waals surface area contributed by atoms with Crippen LogP contribution in [0.4, 0.5) is 10.5 Å². The summed E-state index contributed by atoms with van der Waals surface area (Å²) in [7, 11) is 0. The average Bonchev–Trinajstić information content (AvgIpc) is 3.27. The normalized spacial score (nSPS) is 15.4. The summed E-state index contributed by atoms with van der Waals surface area (Å²) in [6.07, 6.45) is 2.64. The third kappa shape index (κ3) is 3.13. The Hall–Kier alpha value is -3.22. The van der Waals surface area contributed by atoms with Gasteiger partial charge in [0.05, 0.1) is 5.69 Å². The summed E-state index contributed by atoms with van der Waals surface area (Å²) >= 11 is 0. The highest BCUT2D eigenvalue weighted by Gasteiger charge is 2.26. The van der Waals surface area contributed by atoms with Crippen molar-refractivity contribution in [1.29, 1.82) is 0 Å². The maximum Gasteiger partial charge on any atom is 0.377 e. The number of carbonyl (C=O) groups is 1. The quantitative estimate of drug-likeness (QED) is 0.655. The van der Waals surface area contributed by atoms with Crippen molar-refractivity contribution < 1.29 is 4.79 Å². The Morgan fingerprint density at radius 3 is 2.64 bits per heavy atom.